The highest BCUT2D eigenvalue weighted by molar-refractivity contribution is 5.69. The normalized spacial score (nSPS) is 27.2. The second kappa shape index (κ2) is 5.88. The van der Waals surface area contributed by atoms with Crippen LogP contribution in [0.15, 0.2) is 0 Å². The van der Waals surface area contributed by atoms with Crippen LogP contribution >= 0.6 is 0 Å². The Kier molecular flexibility index (Phi) is 4.47. The molecule has 0 amide bonds. The van der Waals surface area contributed by atoms with Crippen molar-refractivity contribution in [3.05, 3.63) is 0 Å². The molecule has 2 heteroatoms. The van der Waals surface area contributed by atoms with E-state index >= 15 is 0 Å². The summed E-state index contributed by atoms with van der Waals surface area (Å²) in [5.41, 5.74) is 0.678. The zero-order chi connectivity index (χ0) is 12.1. The first-order valence-corrected chi connectivity index (χ1v) is 7.40. The smallest absolute Gasteiger partial charge is 0.305 e. The van der Waals surface area contributed by atoms with Gasteiger partial charge in [-0.25, -0.2) is 0 Å². The third-order valence-corrected chi connectivity index (χ3v) is 4.78. The number of carbonyl (C=O) groups excluding carboxylic acids is 1. The fraction of sp³-hybridized carbons (Fsp3) is 0.933. The van der Waals surface area contributed by atoms with Crippen molar-refractivity contribution in [2.75, 3.05) is 6.61 Å². The summed E-state index contributed by atoms with van der Waals surface area (Å²) in [6.45, 7) is 2.40. The third kappa shape index (κ3) is 3.46. The van der Waals surface area contributed by atoms with Crippen LogP contribution in [0.25, 0.3) is 0 Å². The van der Waals surface area contributed by atoms with Gasteiger partial charge in [0.25, 0.3) is 0 Å². The maximum absolute atomic E-state index is 11.3. The molecule has 0 N–H and O–H groups in total. The SMILES string of the molecule is CCOC(=O)CCC1CCC2(CCCCC2)C1. The molecule has 17 heavy (non-hydrogen) atoms. The predicted molar refractivity (Wildman–Crippen MR) is 68.7 cm³/mol. The molecule has 1 unspecified atom stereocenters. The first kappa shape index (κ1) is 12.9. The van der Waals surface area contributed by atoms with Crippen LogP contribution in [-0.2, 0) is 9.53 Å². The number of esters is 1. The molecule has 0 aliphatic heterocycles. The van der Waals surface area contributed by atoms with Gasteiger partial charge in [-0.2, -0.15) is 0 Å². The van der Waals surface area contributed by atoms with Gasteiger partial charge in [0.05, 0.1) is 6.61 Å². The Bertz CT molecular complexity index is 254. The zero-order valence-corrected chi connectivity index (χ0v) is 11.2. The minimum Gasteiger partial charge on any atom is -0.466 e. The van der Waals surface area contributed by atoms with Gasteiger partial charge in [-0.05, 0) is 56.8 Å². The minimum atomic E-state index is -0.00269. The van der Waals surface area contributed by atoms with Crippen LogP contribution in [0.1, 0.15) is 71.1 Å². The number of ether oxygens (including phenoxy) is 1. The highest BCUT2D eigenvalue weighted by Crippen LogP contribution is 2.52. The third-order valence-electron chi connectivity index (χ3n) is 4.78. The molecule has 1 atom stereocenters. The van der Waals surface area contributed by atoms with Gasteiger partial charge in [0.2, 0.25) is 0 Å². The van der Waals surface area contributed by atoms with E-state index in [1.165, 1.54) is 51.4 Å². The van der Waals surface area contributed by atoms with Crippen LogP contribution in [0, 0.1) is 11.3 Å². The molecule has 1 spiro atoms. The van der Waals surface area contributed by atoms with Crippen molar-refractivity contribution < 1.29 is 9.53 Å². The lowest BCUT2D eigenvalue weighted by Gasteiger charge is -2.33. The van der Waals surface area contributed by atoms with Crippen LogP contribution in [0.5, 0.6) is 0 Å². The van der Waals surface area contributed by atoms with E-state index in [2.05, 4.69) is 0 Å². The molecule has 2 fully saturated rings. The van der Waals surface area contributed by atoms with E-state index in [4.69, 9.17) is 4.74 Å². The average Bonchev–Trinajstić information content (AvgIpc) is 2.71. The Morgan fingerprint density at radius 1 is 1.24 bits per heavy atom. The molecular weight excluding hydrogens is 212 g/mol. The standard InChI is InChI=1S/C15H26O2/c1-2-17-14(16)7-6-13-8-11-15(12-13)9-4-3-5-10-15/h13H,2-12H2,1H3. The summed E-state index contributed by atoms with van der Waals surface area (Å²) >= 11 is 0. The lowest BCUT2D eigenvalue weighted by Crippen LogP contribution is -2.20. The Hall–Kier alpha value is -0.530. The van der Waals surface area contributed by atoms with Crippen molar-refractivity contribution >= 4 is 5.97 Å². The van der Waals surface area contributed by atoms with Crippen molar-refractivity contribution in [1.29, 1.82) is 0 Å². The molecule has 0 aromatic carbocycles. The molecule has 0 saturated heterocycles. The van der Waals surface area contributed by atoms with Crippen molar-refractivity contribution in [2.45, 2.75) is 71.1 Å². The highest BCUT2D eigenvalue weighted by Gasteiger charge is 2.39. The van der Waals surface area contributed by atoms with Crippen LogP contribution < -0.4 is 0 Å². The van der Waals surface area contributed by atoms with Gasteiger partial charge in [-0.1, -0.05) is 19.3 Å². The Labute approximate surface area is 105 Å². The van der Waals surface area contributed by atoms with E-state index in [-0.39, 0.29) is 5.97 Å². The maximum Gasteiger partial charge on any atom is 0.305 e. The quantitative estimate of drug-likeness (QED) is 0.690. The lowest BCUT2D eigenvalue weighted by molar-refractivity contribution is -0.143. The summed E-state index contributed by atoms with van der Waals surface area (Å²) in [5.74, 6) is 0.787. The second-order valence-electron chi connectivity index (χ2n) is 6.01. The monoisotopic (exact) mass is 238 g/mol. The van der Waals surface area contributed by atoms with Crippen LogP contribution in [-0.4, -0.2) is 12.6 Å². The van der Waals surface area contributed by atoms with Crippen molar-refractivity contribution in [3.63, 3.8) is 0 Å². The summed E-state index contributed by atoms with van der Waals surface area (Å²) < 4.78 is 5.00. The molecule has 98 valence electrons. The van der Waals surface area contributed by atoms with Crippen molar-refractivity contribution in [3.8, 4) is 0 Å². The second-order valence-corrected chi connectivity index (χ2v) is 6.01. The van der Waals surface area contributed by atoms with Crippen LogP contribution in [0.4, 0.5) is 0 Å². The fourth-order valence-corrected chi connectivity index (χ4v) is 3.88. The summed E-state index contributed by atoms with van der Waals surface area (Å²) in [5, 5.41) is 0. The molecule has 0 aromatic heterocycles. The van der Waals surface area contributed by atoms with Crippen LogP contribution in [0.2, 0.25) is 0 Å². The van der Waals surface area contributed by atoms with E-state index in [9.17, 15) is 4.79 Å². The molecule has 0 radical (unpaired) electrons. The van der Waals surface area contributed by atoms with Gasteiger partial charge >= 0.3 is 5.97 Å². The molecule has 0 aromatic rings. The van der Waals surface area contributed by atoms with Gasteiger partial charge in [0.15, 0.2) is 0 Å². The maximum atomic E-state index is 11.3. The summed E-state index contributed by atoms with van der Waals surface area (Å²) in [6, 6.07) is 0. The Morgan fingerprint density at radius 3 is 2.71 bits per heavy atom. The lowest BCUT2D eigenvalue weighted by atomic mass is 9.72. The molecule has 2 aliphatic carbocycles. The Morgan fingerprint density at radius 2 is 2.00 bits per heavy atom. The number of rotatable bonds is 4. The van der Waals surface area contributed by atoms with Gasteiger partial charge in [0.1, 0.15) is 0 Å². The summed E-state index contributed by atoms with van der Waals surface area (Å²) in [4.78, 5) is 11.3. The molecule has 2 rings (SSSR count). The molecule has 2 nitrogen and oxygen atoms in total. The topological polar surface area (TPSA) is 26.3 Å². The van der Waals surface area contributed by atoms with Gasteiger partial charge < -0.3 is 4.74 Å². The number of carbonyl (C=O) groups is 1. The first-order chi connectivity index (χ1) is 8.24. The van der Waals surface area contributed by atoms with Gasteiger partial charge in [-0.15, -0.1) is 0 Å². The molecule has 2 saturated carbocycles. The largest absolute Gasteiger partial charge is 0.466 e. The van der Waals surface area contributed by atoms with Crippen LogP contribution in [0.3, 0.4) is 0 Å². The summed E-state index contributed by atoms with van der Waals surface area (Å²) in [6.07, 6.45) is 13.0. The van der Waals surface area contributed by atoms with Gasteiger partial charge in [-0.3, -0.25) is 4.79 Å². The van der Waals surface area contributed by atoms with E-state index < -0.39 is 0 Å². The molecular formula is C15H26O2. The van der Waals surface area contributed by atoms with Crippen molar-refractivity contribution in [2.24, 2.45) is 11.3 Å². The highest BCUT2D eigenvalue weighted by atomic mass is 16.5. The number of hydrogen-bond acceptors (Lipinski definition) is 2. The van der Waals surface area contributed by atoms with E-state index in [0.717, 1.165) is 12.3 Å². The minimum absolute atomic E-state index is 0.00269. The first-order valence-electron chi connectivity index (χ1n) is 7.40. The van der Waals surface area contributed by atoms with Gasteiger partial charge in [0, 0.05) is 6.42 Å². The van der Waals surface area contributed by atoms with E-state index in [0.29, 0.717) is 18.4 Å². The Balaban J connectivity index is 1.72. The predicted octanol–water partition coefficient (Wildman–Crippen LogP) is 4.08. The fourth-order valence-electron chi connectivity index (χ4n) is 3.88. The average molecular weight is 238 g/mol. The van der Waals surface area contributed by atoms with E-state index in [1.807, 2.05) is 6.92 Å². The van der Waals surface area contributed by atoms with E-state index in [1.54, 1.807) is 0 Å². The number of hydrogen-bond donors (Lipinski definition) is 0. The summed E-state index contributed by atoms with van der Waals surface area (Å²) in [7, 11) is 0. The van der Waals surface area contributed by atoms with Crippen molar-refractivity contribution in [1.82, 2.24) is 0 Å². The zero-order valence-electron chi connectivity index (χ0n) is 11.2. The molecule has 2 aliphatic rings. The molecule has 0 heterocycles. The molecule has 0 bridgehead atoms.